The lowest BCUT2D eigenvalue weighted by molar-refractivity contribution is -0.136. The van der Waals surface area contributed by atoms with Crippen molar-refractivity contribution in [2.45, 2.75) is 20.8 Å². The van der Waals surface area contributed by atoms with Crippen LogP contribution < -0.4 is 20.8 Å². The number of hydrogen-bond acceptors (Lipinski definition) is 5. The molecule has 0 unspecified atom stereocenters. The van der Waals surface area contributed by atoms with Crippen molar-refractivity contribution in [2.75, 3.05) is 17.7 Å². The lowest BCUT2D eigenvalue weighted by atomic mass is 10.1. The number of hydrazone groups is 1. The van der Waals surface area contributed by atoms with Gasteiger partial charge in [0.2, 0.25) is 0 Å². The first kappa shape index (κ1) is 22.6. The number of rotatable bonds is 6. The minimum Gasteiger partial charge on any atom is -0.495 e. The van der Waals surface area contributed by atoms with Crippen molar-refractivity contribution < 1.29 is 14.3 Å². The zero-order valence-corrected chi connectivity index (χ0v) is 18.5. The number of para-hydroxylation sites is 2. The van der Waals surface area contributed by atoms with Crippen LogP contribution in [0.2, 0.25) is 0 Å². The first-order valence-corrected chi connectivity index (χ1v) is 10.1. The molecule has 7 heteroatoms. The van der Waals surface area contributed by atoms with Crippen molar-refractivity contribution in [1.82, 2.24) is 5.43 Å². The highest BCUT2D eigenvalue weighted by Gasteiger charge is 2.15. The molecule has 0 spiro atoms. The lowest BCUT2D eigenvalue weighted by Gasteiger charge is -2.15. The third-order valence-corrected chi connectivity index (χ3v) is 5.11. The normalized spacial score (nSPS) is 10.6. The number of carbonyl (C=O) groups excluding carboxylic acids is 2. The van der Waals surface area contributed by atoms with E-state index in [1.807, 2.05) is 75.4 Å². The van der Waals surface area contributed by atoms with Crippen LogP contribution in [0.5, 0.6) is 5.75 Å². The Morgan fingerprint density at radius 2 is 1.53 bits per heavy atom. The number of carbonyl (C=O) groups is 2. The quantitative estimate of drug-likeness (QED) is 0.306. The van der Waals surface area contributed by atoms with Crippen LogP contribution in [0, 0.1) is 20.8 Å². The van der Waals surface area contributed by atoms with Gasteiger partial charge in [0.05, 0.1) is 19.0 Å². The number of ether oxygens (including phenoxy) is 1. The van der Waals surface area contributed by atoms with E-state index in [2.05, 4.69) is 21.2 Å². The van der Waals surface area contributed by atoms with Crippen molar-refractivity contribution >= 4 is 35.1 Å². The van der Waals surface area contributed by atoms with E-state index in [9.17, 15) is 9.59 Å². The Hall–Kier alpha value is -4.13. The van der Waals surface area contributed by atoms with Gasteiger partial charge in [-0.05, 0) is 55.7 Å². The number of aryl methyl sites for hydroxylation is 2. The molecular formula is C25H26N4O3. The molecule has 0 fully saturated rings. The number of nitrogens with one attached hydrogen (secondary N) is 3. The van der Waals surface area contributed by atoms with Crippen LogP contribution in [0.3, 0.4) is 0 Å². The van der Waals surface area contributed by atoms with Crippen LogP contribution in [0.25, 0.3) is 0 Å². The molecule has 2 amide bonds. The number of hydrogen-bond donors (Lipinski definition) is 3. The predicted molar refractivity (Wildman–Crippen MR) is 128 cm³/mol. The van der Waals surface area contributed by atoms with Gasteiger partial charge in [0.15, 0.2) is 0 Å². The fourth-order valence-corrected chi connectivity index (χ4v) is 3.08. The van der Waals surface area contributed by atoms with Crippen molar-refractivity contribution in [3.8, 4) is 5.75 Å². The van der Waals surface area contributed by atoms with Crippen molar-refractivity contribution in [1.29, 1.82) is 0 Å². The van der Waals surface area contributed by atoms with Crippen LogP contribution in [0.15, 0.2) is 65.8 Å². The SMILES string of the molecule is COc1cccc(/C=N\NC(=O)C(=O)Nc2cccc(C)c2C)c1Nc1ccccc1C. The van der Waals surface area contributed by atoms with Gasteiger partial charge in [-0.2, -0.15) is 5.10 Å². The van der Waals surface area contributed by atoms with E-state index in [0.29, 0.717) is 22.7 Å². The van der Waals surface area contributed by atoms with E-state index in [4.69, 9.17) is 4.74 Å². The molecule has 0 saturated carbocycles. The number of methoxy groups -OCH3 is 1. The summed E-state index contributed by atoms with van der Waals surface area (Å²) in [4.78, 5) is 24.4. The van der Waals surface area contributed by atoms with Gasteiger partial charge < -0.3 is 15.4 Å². The maximum absolute atomic E-state index is 12.2. The van der Waals surface area contributed by atoms with Gasteiger partial charge in [-0.15, -0.1) is 0 Å². The summed E-state index contributed by atoms with van der Waals surface area (Å²) in [7, 11) is 1.58. The summed E-state index contributed by atoms with van der Waals surface area (Å²) < 4.78 is 5.48. The van der Waals surface area contributed by atoms with Gasteiger partial charge in [-0.1, -0.05) is 42.5 Å². The molecule has 3 N–H and O–H groups in total. The standard InChI is InChI=1S/C25H26N4O3/c1-16-10-7-13-21(18(16)3)28-24(30)25(31)29-26-15-19-11-8-14-22(32-4)23(19)27-20-12-6-5-9-17(20)2/h5-15,27H,1-4H3,(H,28,30)(H,29,31)/b26-15-. The molecule has 32 heavy (non-hydrogen) atoms. The lowest BCUT2D eigenvalue weighted by Crippen LogP contribution is -2.32. The third kappa shape index (κ3) is 5.31. The maximum Gasteiger partial charge on any atom is 0.329 e. The minimum atomic E-state index is -0.863. The van der Waals surface area contributed by atoms with Gasteiger partial charge in [0.25, 0.3) is 0 Å². The zero-order valence-electron chi connectivity index (χ0n) is 18.5. The van der Waals surface area contributed by atoms with Crippen molar-refractivity contribution in [3.05, 3.63) is 82.9 Å². The highest BCUT2D eigenvalue weighted by Crippen LogP contribution is 2.31. The summed E-state index contributed by atoms with van der Waals surface area (Å²) in [6.45, 7) is 5.82. The second-order valence-electron chi connectivity index (χ2n) is 7.27. The first-order chi connectivity index (χ1) is 15.4. The molecule has 7 nitrogen and oxygen atoms in total. The topological polar surface area (TPSA) is 91.8 Å². The van der Waals surface area contributed by atoms with Crippen molar-refractivity contribution in [3.63, 3.8) is 0 Å². The Kier molecular flexibility index (Phi) is 7.23. The maximum atomic E-state index is 12.2. The predicted octanol–water partition coefficient (Wildman–Crippen LogP) is 4.45. The molecule has 0 saturated heterocycles. The molecule has 3 aromatic rings. The third-order valence-electron chi connectivity index (χ3n) is 5.11. The average Bonchev–Trinajstić information content (AvgIpc) is 2.79. The van der Waals surface area contributed by atoms with E-state index in [-0.39, 0.29) is 0 Å². The monoisotopic (exact) mass is 430 g/mol. The molecule has 0 aliphatic heterocycles. The summed E-state index contributed by atoms with van der Waals surface area (Å²) >= 11 is 0. The largest absolute Gasteiger partial charge is 0.495 e. The molecule has 0 radical (unpaired) electrons. The Morgan fingerprint density at radius 3 is 2.28 bits per heavy atom. The van der Waals surface area contributed by atoms with Crippen LogP contribution in [0.4, 0.5) is 17.1 Å². The van der Waals surface area contributed by atoms with Gasteiger partial charge in [0.1, 0.15) is 5.75 Å². The Bertz CT molecular complexity index is 1170. The molecule has 3 aromatic carbocycles. The number of nitrogens with zero attached hydrogens (tertiary/aromatic N) is 1. The van der Waals surface area contributed by atoms with Crippen LogP contribution in [0.1, 0.15) is 22.3 Å². The second-order valence-corrected chi connectivity index (χ2v) is 7.27. The van der Waals surface area contributed by atoms with E-state index in [1.54, 1.807) is 13.2 Å². The highest BCUT2D eigenvalue weighted by atomic mass is 16.5. The van der Waals surface area contributed by atoms with Gasteiger partial charge in [-0.3, -0.25) is 9.59 Å². The van der Waals surface area contributed by atoms with Gasteiger partial charge in [-0.25, -0.2) is 5.43 Å². The van der Waals surface area contributed by atoms with Crippen LogP contribution in [-0.4, -0.2) is 25.1 Å². The summed E-state index contributed by atoms with van der Waals surface area (Å²) in [5.41, 5.74) is 8.16. The molecule has 0 aromatic heterocycles. The van der Waals surface area contributed by atoms with Crippen LogP contribution in [-0.2, 0) is 9.59 Å². The zero-order chi connectivity index (χ0) is 23.1. The van der Waals surface area contributed by atoms with Crippen molar-refractivity contribution in [2.24, 2.45) is 5.10 Å². The van der Waals surface area contributed by atoms with E-state index in [1.165, 1.54) is 6.21 Å². The fraction of sp³-hybridized carbons (Fsp3) is 0.160. The number of benzene rings is 3. The molecule has 0 atom stereocenters. The second kappa shape index (κ2) is 10.3. The Labute approximate surface area is 187 Å². The number of anilines is 3. The molecule has 0 heterocycles. The van der Waals surface area contributed by atoms with E-state index < -0.39 is 11.8 Å². The summed E-state index contributed by atoms with van der Waals surface area (Å²) in [6, 6.07) is 18.8. The molecule has 0 bridgehead atoms. The highest BCUT2D eigenvalue weighted by molar-refractivity contribution is 6.39. The summed E-state index contributed by atoms with van der Waals surface area (Å²) in [5.74, 6) is -1.03. The van der Waals surface area contributed by atoms with Gasteiger partial charge in [0, 0.05) is 16.9 Å². The molecule has 3 rings (SSSR count). The van der Waals surface area contributed by atoms with Crippen LogP contribution >= 0.6 is 0 Å². The molecule has 164 valence electrons. The first-order valence-electron chi connectivity index (χ1n) is 10.1. The smallest absolute Gasteiger partial charge is 0.329 e. The average molecular weight is 431 g/mol. The Morgan fingerprint density at radius 1 is 0.844 bits per heavy atom. The van der Waals surface area contributed by atoms with Gasteiger partial charge >= 0.3 is 11.8 Å². The Balaban J connectivity index is 1.73. The fourth-order valence-electron chi connectivity index (χ4n) is 3.08. The molecule has 0 aliphatic carbocycles. The summed E-state index contributed by atoms with van der Waals surface area (Å²) in [6.07, 6.45) is 1.46. The molecular weight excluding hydrogens is 404 g/mol. The minimum absolute atomic E-state index is 0.589. The molecule has 0 aliphatic rings. The summed E-state index contributed by atoms with van der Waals surface area (Å²) in [5, 5.41) is 9.93. The van der Waals surface area contributed by atoms with E-state index >= 15 is 0 Å². The van der Waals surface area contributed by atoms with E-state index in [0.717, 1.165) is 22.4 Å². The number of amides is 2.